The second-order valence-electron chi connectivity index (χ2n) is 6.55. The summed E-state index contributed by atoms with van der Waals surface area (Å²) in [4.78, 5) is 24.5. The van der Waals surface area contributed by atoms with Crippen molar-refractivity contribution in [1.82, 2.24) is 0 Å². The lowest BCUT2D eigenvalue weighted by Gasteiger charge is -2.14. The molecule has 0 saturated carbocycles. The van der Waals surface area contributed by atoms with Crippen LogP contribution in [-0.4, -0.2) is 24.8 Å². The van der Waals surface area contributed by atoms with E-state index in [-0.39, 0.29) is 13.2 Å². The minimum atomic E-state index is -0.918. The van der Waals surface area contributed by atoms with Gasteiger partial charge in [-0.15, -0.1) is 0 Å². The van der Waals surface area contributed by atoms with Gasteiger partial charge in [-0.2, -0.15) is 0 Å². The highest BCUT2D eigenvalue weighted by atomic mass is 16.7. The van der Waals surface area contributed by atoms with Gasteiger partial charge in [-0.05, 0) is 35.4 Å². The lowest BCUT2D eigenvalue weighted by molar-refractivity contribution is -0.152. The van der Waals surface area contributed by atoms with Crippen molar-refractivity contribution in [2.45, 2.75) is 19.4 Å². The van der Waals surface area contributed by atoms with Crippen molar-refractivity contribution >= 4 is 28.3 Å². The van der Waals surface area contributed by atoms with Gasteiger partial charge in [-0.25, -0.2) is 0 Å². The number of nitrogens with one attached hydrogen (secondary N) is 1. The Kier molecular flexibility index (Phi) is 4.85. The first-order valence-corrected chi connectivity index (χ1v) is 8.96. The fourth-order valence-corrected chi connectivity index (χ4v) is 3.03. The number of carbonyl (C=O) groups is 2. The topological polar surface area (TPSA) is 73.9 Å². The number of anilines is 1. The summed E-state index contributed by atoms with van der Waals surface area (Å²) >= 11 is 0. The number of rotatable bonds is 5. The summed E-state index contributed by atoms with van der Waals surface area (Å²) in [5, 5.41) is 4.88. The Morgan fingerprint density at radius 3 is 2.64 bits per heavy atom. The lowest BCUT2D eigenvalue weighted by atomic mass is 10.1. The first-order chi connectivity index (χ1) is 13.6. The molecule has 1 heterocycles. The molecular weight excluding hydrogens is 358 g/mol. The van der Waals surface area contributed by atoms with Gasteiger partial charge in [-0.1, -0.05) is 42.5 Å². The molecule has 0 fully saturated rings. The Hall–Kier alpha value is -3.54. The number of esters is 1. The number of hydrogen-bond donors (Lipinski definition) is 1. The number of ether oxygens (including phenoxy) is 3. The molecule has 0 radical (unpaired) electrons. The Labute approximate surface area is 162 Å². The van der Waals surface area contributed by atoms with Crippen LogP contribution in [-0.2, 0) is 20.7 Å². The lowest BCUT2D eigenvalue weighted by Crippen LogP contribution is -2.30. The van der Waals surface area contributed by atoms with Gasteiger partial charge in [0.15, 0.2) is 17.6 Å². The first-order valence-electron chi connectivity index (χ1n) is 8.96. The average molecular weight is 377 g/mol. The quantitative estimate of drug-likeness (QED) is 0.687. The van der Waals surface area contributed by atoms with E-state index < -0.39 is 18.0 Å². The minimum absolute atomic E-state index is 0.104. The molecule has 28 heavy (non-hydrogen) atoms. The zero-order valence-corrected chi connectivity index (χ0v) is 15.3. The van der Waals surface area contributed by atoms with Crippen LogP contribution in [0.1, 0.15) is 12.5 Å². The van der Waals surface area contributed by atoms with Crippen LogP contribution >= 0.6 is 0 Å². The average Bonchev–Trinajstić information content (AvgIpc) is 3.15. The standard InChI is InChI=1S/C22H19NO5/c1-14(22(25)23-18-8-9-19-20(12-18)27-13-26-19)28-21(24)11-15-6-7-16-4-2-3-5-17(16)10-15/h2-10,12,14H,11,13H2,1H3,(H,23,25). The van der Waals surface area contributed by atoms with Crippen LogP contribution in [0.5, 0.6) is 11.5 Å². The van der Waals surface area contributed by atoms with Crippen molar-refractivity contribution in [1.29, 1.82) is 0 Å². The molecule has 0 saturated heterocycles. The van der Waals surface area contributed by atoms with Crippen molar-refractivity contribution in [3.05, 3.63) is 66.2 Å². The SMILES string of the molecule is CC(OC(=O)Cc1ccc2ccccc2c1)C(=O)Nc1ccc2c(c1)OCO2. The molecule has 3 aromatic rings. The third-order valence-corrected chi connectivity index (χ3v) is 4.48. The Bertz CT molecular complexity index is 1050. The molecule has 142 valence electrons. The number of carbonyl (C=O) groups excluding carboxylic acids is 2. The van der Waals surface area contributed by atoms with Crippen molar-refractivity contribution in [2.24, 2.45) is 0 Å². The van der Waals surface area contributed by atoms with E-state index in [4.69, 9.17) is 14.2 Å². The van der Waals surface area contributed by atoms with Crippen LogP contribution < -0.4 is 14.8 Å². The predicted molar refractivity (Wildman–Crippen MR) is 104 cm³/mol. The number of fused-ring (bicyclic) bond motifs is 2. The van der Waals surface area contributed by atoms with Gasteiger partial charge in [0.25, 0.3) is 5.91 Å². The maximum atomic E-state index is 12.3. The maximum absolute atomic E-state index is 12.3. The van der Waals surface area contributed by atoms with Crippen LogP contribution in [0.4, 0.5) is 5.69 Å². The summed E-state index contributed by atoms with van der Waals surface area (Å²) < 4.78 is 15.8. The maximum Gasteiger partial charge on any atom is 0.311 e. The first kappa shape index (κ1) is 17.9. The van der Waals surface area contributed by atoms with E-state index in [1.54, 1.807) is 25.1 Å². The highest BCUT2D eigenvalue weighted by molar-refractivity contribution is 5.95. The number of hydrogen-bond acceptors (Lipinski definition) is 5. The minimum Gasteiger partial charge on any atom is -0.454 e. The number of benzene rings is 3. The molecule has 1 N–H and O–H groups in total. The molecule has 0 aliphatic carbocycles. The molecule has 6 nitrogen and oxygen atoms in total. The molecule has 0 bridgehead atoms. The predicted octanol–water partition coefficient (Wildman–Crippen LogP) is 3.68. The fraction of sp³-hybridized carbons (Fsp3) is 0.182. The van der Waals surface area contributed by atoms with Crippen molar-refractivity contribution < 1.29 is 23.8 Å². The van der Waals surface area contributed by atoms with Gasteiger partial charge >= 0.3 is 5.97 Å². The van der Waals surface area contributed by atoms with E-state index >= 15 is 0 Å². The fourth-order valence-electron chi connectivity index (χ4n) is 3.03. The zero-order chi connectivity index (χ0) is 19.5. The Balaban J connectivity index is 1.34. The monoisotopic (exact) mass is 377 g/mol. The summed E-state index contributed by atoms with van der Waals surface area (Å²) in [6.45, 7) is 1.70. The van der Waals surface area contributed by atoms with Gasteiger partial charge in [0, 0.05) is 11.8 Å². The molecule has 6 heteroatoms. The van der Waals surface area contributed by atoms with Crippen molar-refractivity contribution in [3.63, 3.8) is 0 Å². The highest BCUT2D eigenvalue weighted by Crippen LogP contribution is 2.34. The Morgan fingerprint density at radius 2 is 1.79 bits per heavy atom. The zero-order valence-electron chi connectivity index (χ0n) is 15.3. The molecule has 0 spiro atoms. The Morgan fingerprint density at radius 1 is 1.00 bits per heavy atom. The molecular formula is C22H19NO5. The largest absolute Gasteiger partial charge is 0.454 e. The van der Waals surface area contributed by atoms with Crippen LogP contribution in [0.25, 0.3) is 10.8 Å². The van der Waals surface area contributed by atoms with E-state index in [2.05, 4.69) is 5.32 Å². The molecule has 1 atom stereocenters. The summed E-state index contributed by atoms with van der Waals surface area (Å²) in [5.41, 5.74) is 1.39. The molecule has 4 rings (SSSR count). The van der Waals surface area contributed by atoms with Gasteiger partial charge in [0.1, 0.15) is 0 Å². The van der Waals surface area contributed by atoms with Gasteiger partial charge < -0.3 is 19.5 Å². The summed E-state index contributed by atoms with van der Waals surface area (Å²) in [6, 6.07) is 18.8. The summed E-state index contributed by atoms with van der Waals surface area (Å²) in [7, 11) is 0. The third kappa shape index (κ3) is 3.91. The molecule has 1 aliphatic heterocycles. The van der Waals surface area contributed by atoms with Crippen molar-refractivity contribution in [3.8, 4) is 11.5 Å². The van der Waals surface area contributed by atoms with Crippen LogP contribution in [0.15, 0.2) is 60.7 Å². The van der Waals surface area contributed by atoms with E-state index in [1.807, 2.05) is 42.5 Å². The van der Waals surface area contributed by atoms with E-state index in [9.17, 15) is 9.59 Å². The van der Waals surface area contributed by atoms with E-state index in [1.165, 1.54) is 0 Å². The van der Waals surface area contributed by atoms with Crippen LogP contribution in [0.2, 0.25) is 0 Å². The van der Waals surface area contributed by atoms with E-state index in [0.29, 0.717) is 17.2 Å². The van der Waals surface area contributed by atoms with Crippen molar-refractivity contribution in [2.75, 3.05) is 12.1 Å². The summed E-state index contributed by atoms with van der Waals surface area (Å²) in [6.07, 6.45) is -0.815. The van der Waals surface area contributed by atoms with Crippen LogP contribution in [0, 0.1) is 0 Å². The summed E-state index contributed by atoms with van der Waals surface area (Å²) in [5.74, 6) is 0.334. The normalized spacial score (nSPS) is 13.2. The van der Waals surface area contributed by atoms with Crippen LogP contribution in [0.3, 0.4) is 0 Å². The smallest absolute Gasteiger partial charge is 0.311 e. The highest BCUT2D eigenvalue weighted by Gasteiger charge is 2.20. The second kappa shape index (κ2) is 7.60. The molecule has 0 aromatic heterocycles. The van der Waals surface area contributed by atoms with Gasteiger partial charge in [0.05, 0.1) is 6.42 Å². The third-order valence-electron chi connectivity index (χ3n) is 4.48. The molecule has 3 aromatic carbocycles. The molecule has 1 aliphatic rings. The molecule has 1 amide bonds. The molecule has 1 unspecified atom stereocenters. The van der Waals surface area contributed by atoms with Gasteiger partial charge in [0.2, 0.25) is 6.79 Å². The number of amides is 1. The van der Waals surface area contributed by atoms with Gasteiger partial charge in [-0.3, -0.25) is 9.59 Å². The van der Waals surface area contributed by atoms with E-state index in [0.717, 1.165) is 16.3 Å². The second-order valence-corrected chi connectivity index (χ2v) is 6.55.